The lowest BCUT2D eigenvalue weighted by molar-refractivity contribution is -0.166. The molecule has 334 valence electrons. The van der Waals surface area contributed by atoms with Gasteiger partial charge < -0.3 is 14.2 Å². The Labute approximate surface area is 366 Å². The molecule has 0 spiro atoms. The second-order valence-electron chi connectivity index (χ2n) is 14.6. The summed E-state index contributed by atoms with van der Waals surface area (Å²) in [5.41, 5.74) is 0. The summed E-state index contributed by atoms with van der Waals surface area (Å²) < 4.78 is 16.5. The number of ether oxygens (including phenoxy) is 3. The van der Waals surface area contributed by atoms with Crippen molar-refractivity contribution in [1.29, 1.82) is 0 Å². The molecule has 6 heteroatoms. The predicted octanol–water partition coefficient (Wildman–Crippen LogP) is 15.1. The first-order chi connectivity index (χ1) is 29.5. The third kappa shape index (κ3) is 44.6. The summed E-state index contributed by atoms with van der Waals surface area (Å²) in [5.74, 6) is -1.16. The summed E-state index contributed by atoms with van der Waals surface area (Å²) in [6.07, 6.45) is 66.1. The number of unbranched alkanes of at least 4 members (excludes halogenated alkanes) is 7. The Morgan fingerprint density at radius 3 is 1.18 bits per heavy atom. The minimum absolute atomic E-state index is 0.0769. The highest BCUT2D eigenvalue weighted by molar-refractivity contribution is 5.72. The van der Waals surface area contributed by atoms with Crippen molar-refractivity contribution >= 4 is 17.9 Å². The van der Waals surface area contributed by atoms with Gasteiger partial charge in [0.25, 0.3) is 0 Å². The molecule has 0 aliphatic carbocycles. The highest BCUT2D eigenvalue weighted by Gasteiger charge is 2.19. The fourth-order valence-electron chi connectivity index (χ4n) is 5.49. The van der Waals surface area contributed by atoms with E-state index in [0.717, 1.165) is 103 Å². The first kappa shape index (κ1) is 55.5. The summed E-state index contributed by atoms with van der Waals surface area (Å²) >= 11 is 0. The number of carbonyl (C=O) groups excluding carboxylic acids is 3. The third-order valence-electron chi connectivity index (χ3n) is 8.88. The Hall–Kier alpha value is -4.45. The molecule has 60 heavy (non-hydrogen) atoms. The van der Waals surface area contributed by atoms with Crippen LogP contribution < -0.4 is 0 Å². The van der Waals surface area contributed by atoms with Crippen LogP contribution in [-0.2, 0) is 28.6 Å². The topological polar surface area (TPSA) is 78.9 Å². The van der Waals surface area contributed by atoms with Crippen LogP contribution in [0.25, 0.3) is 0 Å². The van der Waals surface area contributed by atoms with Crippen molar-refractivity contribution in [2.24, 2.45) is 0 Å². The van der Waals surface area contributed by atoms with Crippen LogP contribution in [0.15, 0.2) is 134 Å². The molecular formula is C54H82O6. The van der Waals surface area contributed by atoms with Gasteiger partial charge in [0.2, 0.25) is 0 Å². The zero-order chi connectivity index (χ0) is 43.7. The maximum absolute atomic E-state index is 12.7. The fourth-order valence-corrected chi connectivity index (χ4v) is 5.49. The molecule has 6 nitrogen and oxygen atoms in total. The Kier molecular flexibility index (Phi) is 43.7. The van der Waals surface area contributed by atoms with Gasteiger partial charge in [-0.25, -0.2) is 0 Å². The lowest BCUT2D eigenvalue weighted by Crippen LogP contribution is -2.30. The molecule has 0 rings (SSSR count). The van der Waals surface area contributed by atoms with E-state index in [1.54, 1.807) is 6.08 Å². The number of allylic oxidation sites excluding steroid dienone is 21. The number of hydrogen-bond donors (Lipinski definition) is 0. The van der Waals surface area contributed by atoms with Gasteiger partial charge in [0.05, 0.1) is 6.42 Å². The number of esters is 3. The molecule has 0 aromatic carbocycles. The van der Waals surface area contributed by atoms with E-state index in [9.17, 15) is 14.4 Å². The summed E-state index contributed by atoms with van der Waals surface area (Å²) in [7, 11) is 0. The van der Waals surface area contributed by atoms with Gasteiger partial charge in [-0.1, -0.05) is 180 Å². The van der Waals surface area contributed by atoms with Gasteiger partial charge in [0, 0.05) is 12.8 Å². The smallest absolute Gasteiger partial charge is 0.310 e. The van der Waals surface area contributed by atoms with Gasteiger partial charge >= 0.3 is 17.9 Å². The first-order valence-electron chi connectivity index (χ1n) is 23.2. The van der Waals surface area contributed by atoms with Gasteiger partial charge in [-0.15, -0.1) is 0 Å². The van der Waals surface area contributed by atoms with Crippen molar-refractivity contribution < 1.29 is 28.6 Å². The average Bonchev–Trinajstić information content (AvgIpc) is 3.24. The fraction of sp³-hybridized carbons (Fsp3) is 0.537. The Morgan fingerprint density at radius 1 is 0.367 bits per heavy atom. The second-order valence-corrected chi connectivity index (χ2v) is 14.6. The Morgan fingerprint density at radius 2 is 0.717 bits per heavy atom. The summed E-state index contributed by atoms with van der Waals surface area (Å²) in [6.45, 7) is 6.16. The highest BCUT2D eigenvalue weighted by atomic mass is 16.6. The van der Waals surface area contributed by atoms with Crippen molar-refractivity contribution in [3.63, 3.8) is 0 Å². The van der Waals surface area contributed by atoms with Crippen molar-refractivity contribution in [3.05, 3.63) is 134 Å². The molecule has 0 aliphatic rings. The molecule has 0 bridgehead atoms. The van der Waals surface area contributed by atoms with E-state index in [1.807, 2.05) is 6.08 Å². The zero-order valence-corrected chi connectivity index (χ0v) is 37.9. The molecule has 0 fully saturated rings. The SMILES string of the molecule is CC/C=C\C/C=C\C/C=C\C/C=C\C/C=C\CCCC(=O)OCC(COC(=O)CCCCCCC/C=C\CCC)OC(=O)C/C=C\C/C=C\C/C=C\C/C=C\C/C=C\CC. The maximum Gasteiger partial charge on any atom is 0.310 e. The van der Waals surface area contributed by atoms with E-state index in [1.165, 1.54) is 12.8 Å². The third-order valence-corrected chi connectivity index (χ3v) is 8.88. The van der Waals surface area contributed by atoms with E-state index in [0.29, 0.717) is 19.3 Å². The first-order valence-corrected chi connectivity index (χ1v) is 23.2. The molecule has 0 amide bonds. The monoisotopic (exact) mass is 827 g/mol. The van der Waals surface area contributed by atoms with E-state index >= 15 is 0 Å². The molecular weight excluding hydrogens is 745 g/mol. The summed E-state index contributed by atoms with van der Waals surface area (Å²) in [6, 6.07) is 0. The van der Waals surface area contributed by atoms with Crippen LogP contribution in [-0.4, -0.2) is 37.2 Å². The van der Waals surface area contributed by atoms with E-state index in [2.05, 4.69) is 142 Å². The van der Waals surface area contributed by atoms with Gasteiger partial charge in [0.15, 0.2) is 6.10 Å². The van der Waals surface area contributed by atoms with Crippen molar-refractivity contribution in [2.45, 2.75) is 175 Å². The molecule has 0 aromatic heterocycles. The summed E-state index contributed by atoms with van der Waals surface area (Å²) in [5, 5.41) is 0. The number of hydrogen-bond acceptors (Lipinski definition) is 6. The molecule has 0 heterocycles. The lowest BCUT2D eigenvalue weighted by atomic mass is 10.1. The van der Waals surface area contributed by atoms with Gasteiger partial charge in [-0.2, -0.15) is 0 Å². The van der Waals surface area contributed by atoms with E-state index in [-0.39, 0.29) is 38.0 Å². The largest absolute Gasteiger partial charge is 0.462 e. The Bertz CT molecular complexity index is 1370. The van der Waals surface area contributed by atoms with Gasteiger partial charge in [0.1, 0.15) is 13.2 Å². The normalized spacial score (nSPS) is 13.3. The summed E-state index contributed by atoms with van der Waals surface area (Å²) in [4.78, 5) is 37.7. The van der Waals surface area contributed by atoms with Crippen LogP contribution in [0.4, 0.5) is 0 Å². The van der Waals surface area contributed by atoms with Crippen LogP contribution in [0.5, 0.6) is 0 Å². The molecule has 0 saturated heterocycles. The molecule has 1 atom stereocenters. The number of carbonyl (C=O) groups is 3. The lowest BCUT2D eigenvalue weighted by Gasteiger charge is -2.18. The minimum atomic E-state index is -0.861. The molecule has 0 aromatic rings. The maximum atomic E-state index is 12.7. The Balaban J connectivity index is 4.63. The van der Waals surface area contributed by atoms with Crippen molar-refractivity contribution in [1.82, 2.24) is 0 Å². The second kappa shape index (κ2) is 47.2. The van der Waals surface area contributed by atoms with E-state index in [4.69, 9.17) is 14.2 Å². The van der Waals surface area contributed by atoms with Crippen molar-refractivity contribution in [2.75, 3.05) is 13.2 Å². The minimum Gasteiger partial charge on any atom is -0.462 e. The predicted molar refractivity (Wildman–Crippen MR) is 256 cm³/mol. The molecule has 0 radical (unpaired) electrons. The van der Waals surface area contributed by atoms with Crippen LogP contribution >= 0.6 is 0 Å². The van der Waals surface area contributed by atoms with E-state index < -0.39 is 12.1 Å². The molecule has 0 N–H and O–H groups in total. The molecule has 0 aliphatic heterocycles. The highest BCUT2D eigenvalue weighted by Crippen LogP contribution is 2.10. The quantitative estimate of drug-likeness (QED) is 0.0266. The molecule has 0 saturated carbocycles. The number of rotatable bonds is 39. The van der Waals surface area contributed by atoms with Crippen molar-refractivity contribution in [3.8, 4) is 0 Å². The van der Waals surface area contributed by atoms with Crippen LogP contribution in [0.1, 0.15) is 168 Å². The average molecular weight is 827 g/mol. The zero-order valence-electron chi connectivity index (χ0n) is 37.9. The molecule has 1 unspecified atom stereocenters. The van der Waals surface area contributed by atoms with Crippen LogP contribution in [0.2, 0.25) is 0 Å². The standard InChI is InChI=1S/C54H82O6/c1-4-7-10-13-16-19-22-24-26-27-29-30-32-35-38-41-44-47-53(56)59-50-51(49-58-52(55)46-43-40-37-34-21-18-15-12-9-6-3)60-54(57)48-45-42-39-36-33-31-28-25-23-20-17-14-11-8-5-2/h7-8,10-12,15-17,19-20,24-26,28-30,33,35-36,38,42,45,51H,4-6,9,13-14,18,21-23,27,31-32,34,37,39-41,43-44,46-50H2,1-3H3/b10-7-,11-8-,15-12-,19-16-,20-17-,26-24-,28-25-,30-29-,36-33-,38-35-,45-42-. The van der Waals surface area contributed by atoms with Crippen LogP contribution in [0, 0.1) is 0 Å². The van der Waals surface area contributed by atoms with Crippen LogP contribution in [0.3, 0.4) is 0 Å². The van der Waals surface area contributed by atoms with Gasteiger partial charge in [-0.3, -0.25) is 14.4 Å². The van der Waals surface area contributed by atoms with Gasteiger partial charge in [-0.05, 0) is 103 Å².